The molecular weight excluding hydrogens is 282 g/mol. The predicted molar refractivity (Wildman–Crippen MR) is 85.8 cm³/mol. The Balaban J connectivity index is 1.57. The van der Waals surface area contributed by atoms with E-state index in [1.54, 1.807) is 18.4 Å². The maximum Gasteiger partial charge on any atom is 0.205 e. The molecule has 1 aromatic carbocycles. The minimum Gasteiger partial charge on any atom is -0.381 e. The fourth-order valence-electron chi connectivity index (χ4n) is 2.82. The van der Waals surface area contributed by atoms with Gasteiger partial charge in [-0.25, -0.2) is 0 Å². The van der Waals surface area contributed by atoms with Gasteiger partial charge in [0.25, 0.3) is 0 Å². The van der Waals surface area contributed by atoms with Gasteiger partial charge in [0, 0.05) is 19.6 Å². The van der Waals surface area contributed by atoms with Crippen LogP contribution < -0.4 is 5.32 Å². The summed E-state index contributed by atoms with van der Waals surface area (Å²) in [5, 5.41) is 14.1. The van der Waals surface area contributed by atoms with E-state index in [0.717, 1.165) is 23.0 Å². The second kappa shape index (κ2) is 7.00. The molecule has 0 radical (unpaired) electrons. The van der Waals surface area contributed by atoms with Crippen molar-refractivity contribution in [2.24, 2.45) is 0 Å². The molecule has 1 aliphatic rings. The summed E-state index contributed by atoms with van der Waals surface area (Å²) in [6.45, 7) is 0. The summed E-state index contributed by atoms with van der Waals surface area (Å²) in [7, 11) is 1.80. The third-order valence-corrected chi connectivity index (χ3v) is 4.81. The van der Waals surface area contributed by atoms with Crippen LogP contribution in [-0.4, -0.2) is 29.5 Å². The first kappa shape index (κ1) is 14.5. The fourth-order valence-corrected chi connectivity index (χ4v) is 3.67. The van der Waals surface area contributed by atoms with Crippen LogP contribution in [0.1, 0.15) is 36.3 Å². The van der Waals surface area contributed by atoms with Crippen molar-refractivity contribution in [1.82, 2.24) is 10.2 Å². The van der Waals surface area contributed by atoms with E-state index in [4.69, 9.17) is 4.74 Å². The van der Waals surface area contributed by atoms with Crippen LogP contribution in [0.5, 0.6) is 0 Å². The molecule has 2 aromatic rings. The Kier molecular flexibility index (Phi) is 4.83. The quantitative estimate of drug-likeness (QED) is 0.918. The Morgan fingerprint density at radius 2 is 2.10 bits per heavy atom. The fraction of sp³-hybridized carbons (Fsp3) is 0.500. The van der Waals surface area contributed by atoms with Gasteiger partial charge >= 0.3 is 0 Å². The first-order valence-electron chi connectivity index (χ1n) is 7.49. The molecule has 1 aromatic heterocycles. The van der Waals surface area contributed by atoms with Crippen LogP contribution in [0.15, 0.2) is 30.3 Å². The van der Waals surface area contributed by atoms with Gasteiger partial charge in [0.1, 0.15) is 5.01 Å². The molecule has 0 amide bonds. The monoisotopic (exact) mass is 303 g/mol. The van der Waals surface area contributed by atoms with Crippen molar-refractivity contribution in [2.45, 2.75) is 44.2 Å². The summed E-state index contributed by atoms with van der Waals surface area (Å²) in [5.41, 5.74) is 1.28. The lowest BCUT2D eigenvalue weighted by atomic mass is 9.93. The lowest BCUT2D eigenvalue weighted by Gasteiger charge is -2.28. The zero-order valence-electron chi connectivity index (χ0n) is 12.3. The lowest BCUT2D eigenvalue weighted by Crippen LogP contribution is -2.30. The Hall–Kier alpha value is -1.46. The Bertz CT molecular complexity index is 558. The van der Waals surface area contributed by atoms with Gasteiger partial charge in [-0.3, -0.25) is 0 Å². The largest absolute Gasteiger partial charge is 0.381 e. The molecular formula is C16H21N3OS. The van der Waals surface area contributed by atoms with Gasteiger partial charge in [0.05, 0.1) is 6.10 Å². The van der Waals surface area contributed by atoms with E-state index < -0.39 is 0 Å². The van der Waals surface area contributed by atoms with Crippen LogP contribution in [0.2, 0.25) is 0 Å². The molecule has 21 heavy (non-hydrogen) atoms. The topological polar surface area (TPSA) is 47.0 Å². The second-order valence-electron chi connectivity index (χ2n) is 5.53. The van der Waals surface area contributed by atoms with Crippen LogP contribution in [0, 0.1) is 0 Å². The van der Waals surface area contributed by atoms with Crippen molar-refractivity contribution in [3.63, 3.8) is 0 Å². The average Bonchev–Trinajstić information content (AvgIpc) is 2.95. The van der Waals surface area contributed by atoms with Crippen molar-refractivity contribution < 1.29 is 4.74 Å². The molecule has 2 atom stereocenters. The number of anilines is 1. The highest BCUT2D eigenvalue weighted by Crippen LogP contribution is 2.26. The highest BCUT2D eigenvalue weighted by atomic mass is 32.1. The number of hydrogen-bond donors (Lipinski definition) is 1. The Morgan fingerprint density at radius 1 is 1.24 bits per heavy atom. The molecule has 2 unspecified atom stereocenters. The molecule has 1 aliphatic carbocycles. The van der Waals surface area contributed by atoms with Crippen molar-refractivity contribution in [3.05, 3.63) is 40.9 Å². The summed E-state index contributed by atoms with van der Waals surface area (Å²) >= 11 is 1.66. The predicted octanol–water partition coefficient (Wildman–Crippen LogP) is 3.50. The number of nitrogens with zero attached hydrogens (tertiary/aromatic N) is 2. The molecule has 1 N–H and O–H groups in total. The number of nitrogens with one attached hydrogen (secondary N) is 1. The average molecular weight is 303 g/mol. The van der Waals surface area contributed by atoms with Crippen LogP contribution >= 0.6 is 11.3 Å². The summed E-state index contributed by atoms with van der Waals surface area (Å²) in [6.07, 6.45) is 5.87. The van der Waals surface area contributed by atoms with E-state index >= 15 is 0 Å². The van der Waals surface area contributed by atoms with Crippen LogP contribution in [0.25, 0.3) is 0 Å². The third-order valence-electron chi connectivity index (χ3n) is 3.95. The van der Waals surface area contributed by atoms with Crippen LogP contribution in [-0.2, 0) is 11.2 Å². The number of methoxy groups -OCH3 is 1. The summed E-state index contributed by atoms with van der Waals surface area (Å²) in [6, 6.07) is 10.9. The number of rotatable bonds is 5. The van der Waals surface area contributed by atoms with E-state index in [2.05, 4.69) is 39.8 Å². The van der Waals surface area contributed by atoms with E-state index in [1.165, 1.54) is 24.8 Å². The maximum atomic E-state index is 5.47. The highest BCUT2D eigenvalue weighted by Gasteiger charge is 2.22. The normalized spacial score (nSPS) is 22.1. The van der Waals surface area contributed by atoms with Gasteiger partial charge < -0.3 is 10.1 Å². The Morgan fingerprint density at radius 3 is 2.90 bits per heavy atom. The number of benzene rings is 1. The minimum atomic E-state index is 0.382. The lowest BCUT2D eigenvalue weighted by molar-refractivity contribution is 0.0669. The first-order chi connectivity index (χ1) is 10.3. The summed E-state index contributed by atoms with van der Waals surface area (Å²) in [4.78, 5) is 0. The van der Waals surface area contributed by atoms with Crippen molar-refractivity contribution in [2.75, 3.05) is 12.4 Å². The smallest absolute Gasteiger partial charge is 0.205 e. The molecule has 1 fully saturated rings. The second-order valence-corrected chi connectivity index (χ2v) is 6.59. The summed E-state index contributed by atoms with van der Waals surface area (Å²) in [5.74, 6) is 0. The van der Waals surface area contributed by atoms with Crippen molar-refractivity contribution >= 4 is 16.5 Å². The van der Waals surface area contributed by atoms with E-state index in [1.807, 2.05) is 6.07 Å². The van der Waals surface area contributed by atoms with Crippen LogP contribution in [0.3, 0.4) is 0 Å². The maximum absolute atomic E-state index is 5.47. The van der Waals surface area contributed by atoms with E-state index in [0.29, 0.717) is 12.1 Å². The first-order valence-corrected chi connectivity index (χ1v) is 8.31. The Labute approximate surface area is 129 Å². The molecule has 5 heteroatoms. The molecule has 1 saturated carbocycles. The standard InChI is InChI=1S/C16H21N3OS/c1-20-14-9-5-8-13(11-14)17-16-19-18-15(21-16)10-12-6-3-2-4-7-12/h2-4,6-7,13-14H,5,8-11H2,1H3,(H,17,19). The zero-order chi connectivity index (χ0) is 14.5. The number of hydrogen-bond acceptors (Lipinski definition) is 5. The molecule has 0 aliphatic heterocycles. The third kappa shape index (κ3) is 4.02. The molecule has 0 saturated heterocycles. The van der Waals surface area contributed by atoms with Gasteiger partial charge in [-0.2, -0.15) is 0 Å². The van der Waals surface area contributed by atoms with Crippen LogP contribution in [0.4, 0.5) is 5.13 Å². The number of ether oxygens (including phenoxy) is 1. The van der Waals surface area contributed by atoms with Gasteiger partial charge in [0.15, 0.2) is 0 Å². The molecule has 3 rings (SSSR count). The zero-order valence-corrected chi connectivity index (χ0v) is 13.1. The summed E-state index contributed by atoms with van der Waals surface area (Å²) < 4.78 is 5.47. The van der Waals surface area contributed by atoms with Gasteiger partial charge in [-0.15, -0.1) is 10.2 Å². The SMILES string of the molecule is COC1CCCC(Nc2nnc(Cc3ccccc3)s2)C1. The molecule has 4 nitrogen and oxygen atoms in total. The van der Waals surface area contributed by atoms with Crippen molar-refractivity contribution in [1.29, 1.82) is 0 Å². The molecule has 0 spiro atoms. The molecule has 112 valence electrons. The van der Waals surface area contributed by atoms with E-state index in [-0.39, 0.29) is 0 Å². The molecule has 1 heterocycles. The van der Waals surface area contributed by atoms with Gasteiger partial charge in [-0.1, -0.05) is 41.7 Å². The molecule has 0 bridgehead atoms. The van der Waals surface area contributed by atoms with Crippen molar-refractivity contribution in [3.8, 4) is 0 Å². The number of aromatic nitrogens is 2. The van der Waals surface area contributed by atoms with Gasteiger partial charge in [0.2, 0.25) is 5.13 Å². The van der Waals surface area contributed by atoms with Gasteiger partial charge in [-0.05, 0) is 31.2 Å². The highest BCUT2D eigenvalue weighted by molar-refractivity contribution is 7.15. The minimum absolute atomic E-state index is 0.382. The van der Waals surface area contributed by atoms with E-state index in [9.17, 15) is 0 Å².